The molecule has 1 aliphatic heterocycles. The Bertz CT molecular complexity index is 409. The molecule has 1 saturated heterocycles. The molecular formula is C13H19ClN2O. The number of halogens is 1. The largest absolute Gasteiger partial charge is 0.398 e. The quantitative estimate of drug-likeness (QED) is 0.813. The first-order valence-corrected chi connectivity index (χ1v) is 6.39. The van der Waals surface area contributed by atoms with Gasteiger partial charge in [-0.25, -0.2) is 0 Å². The van der Waals surface area contributed by atoms with E-state index >= 15 is 0 Å². The van der Waals surface area contributed by atoms with Crippen molar-refractivity contribution >= 4 is 17.3 Å². The molecule has 1 aromatic rings. The number of nitrogens with zero attached hydrogens (tertiary/aromatic N) is 1. The Balaban J connectivity index is 2.18. The molecule has 1 fully saturated rings. The zero-order chi connectivity index (χ0) is 12.4. The lowest BCUT2D eigenvalue weighted by molar-refractivity contribution is 0.154. The van der Waals surface area contributed by atoms with Crippen molar-refractivity contribution in [2.24, 2.45) is 0 Å². The van der Waals surface area contributed by atoms with Gasteiger partial charge in [-0.15, -0.1) is 0 Å². The van der Waals surface area contributed by atoms with Crippen molar-refractivity contribution in [1.82, 2.24) is 4.90 Å². The Labute approximate surface area is 107 Å². The SMILES string of the molecule is Cc1cc(Cl)cc(CN2CCC[C@@H]2CO)c1N. The summed E-state index contributed by atoms with van der Waals surface area (Å²) in [6.07, 6.45) is 2.21. The fourth-order valence-electron chi connectivity index (χ4n) is 2.48. The van der Waals surface area contributed by atoms with Gasteiger partial charge in [-0.2, -0.15) is 0 Å². The van der Waals surface area contributed by atoms with Crippen molar-refractivity contribution in [3.8, 4) is 0 Å². The van der Waals surface area contributed by atoms with Gasteiger partial charge in [0.1, 0.15) is 0 Å². The molecule has 1 atom stereocenters. The van der Waals surface area contributed by atoms with Gasteiger partial charge in [0.2, 0.25) is 0 Å². The third-order valence-corrected chi connectivity index (χ3v) is 3.74. The Morgan fingerprint density at radius 1 is 1.53 bits per heavy atom. The number of nitrogen functional groups attached to an aromatic ring is 1. The number of rotatable bonds is 3. The summed E-state index contributed by atoms with van der Waals surface area (Å²) in [6.45, 7) is 3.99. The molecule has 0 bridgehead atoms. The minimum atomic E-state index is 0.222. The number of aliphatic hydroxyl groups is 1. The third-order valence-electron chi connectivity index (χ3n) is 3.52. The fraction of sp³-hybridized carbons (Fsp3) is 0.538. The van der Waals surface area contributed by atoms with Gasteiger partial charge in [0.15, 0.2) is 0 Å². The number of nitrogens with two attached hydrogens (primary N) is 1. The Kier molecular flexibility index (Phi) is 3.92. The molecule has 1 heterocycles. The van der Waals surface area contributed by atoms with E-state index in [2.05, 4.69) is 4.90 Å². The van der Waals surface area contributed by atoms with Crippen LogP contribution in [0.25, 0.3) is 0 Å². The molecule has 17 heavy (non-hydrogen) atoms. The normalized spacial score (nSPS) is 21.0. The standard InChI is InChI=1S/C13H19ClN2O/c1-9-5-11(14)6-10(13(9)15)7-16-4-2-3-12(16)8-17/h5-6,12,17H,2-4,7-8,15H2,1H3/t12-/m1/s1. The third kappa shape index (κ3) is 2.73. The molecule has 0 spiro atoms. The monoisotopic (exact) mass is 254 g/mol. The molecule has 0 aliphatic carbocycles. The van der Waals surface area contributed by atoms with Crippen LogP contribution in [0.15, 0.2) is 12.1 Å². The Morgan fingerprint density at radius 3 is 3.00 bits per heavy atom. The second kappa shape index (κ2) is 5.25. The van der Waals surface area contributed by atoms with E-state index < -0.39 is 0 Å². The first-order chi connectivity index (χ1) is 8.11. The van der Waals surface area contributed by atoms with Crippen LogP contribution in [0.4, 0.5) is 5.69 Å². The second-order valence-electron chi connectivity index (χ2n) is 4.74. The summed E-state index contributed by atoms with van der Waals surface area (Å²) in [5.74, 6) is 0. The summed E-state index contributed by atoms with van der Waals surface area (Å²) < 4.78 is 0. The number of aryl methyl sites for hydroxylation is 1. The van der Waals surface area contributed by atoms with Gasteiger partial charge < -0.3 is 10.8 Å². The van der Waals surface area contributed by atoms with Crippen LogP contribution in [0.2, 0.25) is 5.02 Å². The summed E-state index contributed by atoms with van der Waals surface area (Å²) in [7, 11) is 0. The van der Waals surface area contributed by atoms with Crippen LogP contribution in [-0.4, -0.2) is 29.2 Å². The Hall–Kier alpha value is -0.770. The lowest BCUT2D eigenvalue weighted by Crippen LogP contribution is -2.31. The van der Waals surface area contributed by atoms with Crippen molar-refractivity contribution in [2.45, 2.75) is 32.4 Å². The van der Waals surface area contributed by atoms with E-state index in [0.717, 1.165) is 47.8 Å². The predicted molar refractivity (Wildman–Crippen MR) is 71.1 cm³/mol. The molecule has 0 aromatic heterocycles. The van der Waals surface area contributed by atoms with E-state index in [0.29, 0.717) is 0 Å². The van der Waals surface area contributed by atoms with Crippen molar-refractivity contribution in [2.75, 3.05) is 18.9 Å². The highest BCUT2D eigenvalue weighted by Crippen LogP contribution is 2.27. The molecule has 0 amide bonds. The lowest BCUT2D eigenvalue weighted by atomic mass is 10.1. The van der Waals surface area contributed by atoms with Crippen molar-refractivity contribution in [3.05, 3.63) is 28.3 Å². The number of benzene rings is 1. The molecule has 1 aliphatic rings. The molecular weight excluding hydrogens is 236 g/mol. The van der Waals surface area contributed by atoms with Gasteiger partial charge in [-0.05, 0) is 49.6 Å². The smallest absolute Gasteiger partial charge is 0.0587 e. The fourth-order valence-corrected chi connectivity index (χ4v) is 2.78. The molecule has 2 rings (SSSR count). The minimum absolute atomic E-state index is 0.222. The van der Waals surface area contributed by atoms with Crippen LogP contribution >= 0.6 is 11.6 Å². The number of anilines is 1. The van der Waals surface area contributed by atoms with Crippen LogP contribution in [0.1, 0.15) is 24.0 Å². The maximum absolute atomic E-state index is 9.29. The average molecular weight is 255 g/mol. The van der Waals surface area contributed by atoms with Crippen LogP contribution in [0.3, 0.4) is 0 Å². The predicted octanol–water partition coefficient (Wildman–Crippen LogP) is 2.19. The molecule has 1 aromatic carbocycles. The summed E-state index contributed by atoms with van der Waals surface area (Å²) in [6, 6.07) is 4.08. The molecule has 0 saturated carbocycles. The molecule has 94 valence electrons. The first kappa shape index (κ1) is 12.7. The van der Waals surface area contributed by atoms with E-state index in [-0.39, 0.29) is 12.6 Å². The molecule has 0 unspecified atom stereocenters. The maximum Gasteiger partial charge on any atom is 0.0587 e. The van der Waals surface area contributed by atoms with Crippen molar-refractivity contribution < 1.29 is 5.11 Å². The highest BCUT2D eigenvalue weighted by molar-refractivity contribution is 6.30. The van der Waals surface area contributed by atoms with E-state index in [9.17, 15) is 5.11 Å². The highest BCUT2D eigenvalue weighted by Gasteiger charge is 2.24. The van der Waals surface area contributed by atoms with Crippen molar-refractivity contribution in [1.29, 1.82) is 0 Å². The van der Waals surface area contributed by atoms with Gasteiger partial charge in [-0.1, -0.05) is 11.6 Å². The number of hydrogen-bond acceptors (Lipinski definition) is 3. The van der Waals surface area contributed by atoms with Crippen LogP contribution < -0.4 is 5.73 Å². The van der Waals surface area contributed by atoms with E-state index in [1.54, 1.807) is 0 Å². The molecule has 3 N–H and O–H groups in total. The van der Waals surface area contributed by atoms with E-state index in [1.807, 2.05) is 19.1 Å². The second-order valence-corrected chi connectivity index (χ2v) is 5.18. The number of hydrogen-bond donors (Lipinski definition) is 2. The summed E-state index contributed by atoms with van der Waals surface area (Å²) in [5.41, 5.74) is 8.97. The molecule has 4 heteroatoms. The van der Waals surface area contributed by atoms with Gasteiger partial charge in [-0.3, -0.25) is 4.90 Å². The maximum atomic E-state index is 9.29. The summed E-state index contributed by atoms with van der Waals surface area (Å²) in [4.78, 5) is 2.28. The zero-order valence-electron chi connectivity index (χ0n) is 10.1. The average Bonchev–Trinajstić information content (AvgIpc) is 2.72. The van der Waals surface area contributed by atoms with Crippen LogP contribution in [0, 0.1) is 6.92 Å². The van der Waals surface area contributed by atoms with Crippen LogP contribution in [0.5, 0.6) is 0 Å². The topological polar surface area (TPSA) is 49.5 Å². The number of likely N-dealkylation sites (tertiary alicyclic amines) is 1. The first-order valence-electron chi connectivity index (χ1n) is 6.01. The molecule has 3 nitrogen and oxygen atoms in total. The minimum Gasteiger partial charge on any atom is -0.398 e. The summed E-state index contributed by atoms with van der Waals surface area (Å²) >= 11 is 6.05. The van der Waals surface area contributed by atoms with Gasteiger partial charge in [0.05, 0.1) is 6.61 Å². The zero-order valence-corrected chi connectivity index (χ0v) is 10.9. The highest BCUT2D eigenvalue weighted by atomic mass is 35.5. The van der Waals surface area contributed by atoms with Gasteiger partial charge >= 0.3 is 0 Å². The van der Waals surface area contributed by atoms with Gasteiger partial charge in [0.25, 0.3) is 0 Å². The van der Waals surface area contributed by atoms with Crippen molar-refractivity contribution in [3.63, 3.8) is 0 Å². The van der Waals surface area contributed by atoms with Crippen LogP contribution in [-0.2, 0) is 6.54 Å². The number of aliphatic hydroxyl groups excluding tert-OH is 1. The lowest BCUT2D eigenvalue weighted by Gasteiger charge is -2.23. The van der Waals surface area contributed by atoms with Gasteiger partial charge in [0, 0.05) is 23.3 Å². The molecule has 0 radical (unpaired) electrons. The Morgan fingerprint density at radius 2 is 2.29 bits per heavy atom. The van der Waals surface area contributed by atoms with E-state index in [1.165, 1.54) is 0 Å². The van der Waals surface area contributed by atoms with E-state index in [4.69, 9.17) is 17.3 Å². The summed E-state index contributed by atoms with van der Waals surface area (Å²) in [5, 5.41) is 10.0.